The van der Waals surface area contributed by atoms with Crippen molar-refractivity contribution >= 4 is 0 Å². The molecule has 0 atom stereocenters. The molecule has 0 aliphatic heterocycles. The molecule has 134 valence electrons. The fourth-order valence-electron chi connectivity index (χ4n) is 1.62. The summed E-state index contributed by atoms with van der Waals surface area (Å²) in [7, 11) is 0. The van der Waals surface area contributed by atoms with E-state index in [1.165, 1.54) is 6.92 Å². The maximum Gasteiger partial charge on any atom is 0.378 e. The smallest absolute Gasteiger partial charge is 0.378 e. The maximum atomic E-state index is 13.3. The van der Waals surface area contributed by atoms with Gasteiger partial charge in [0.2, 0.25) is 0 Å². The Labute approximate surface area is 122 Å². The Kier molecular flexibility index (Phi) is 7.53. The van der Waals surface area contributed by atoms with Gasteiger partial charge in [0, 0.05) is 32.7 Å². The van der Waals surface area contributed by atoms with Gasteiger partial charge < -0.3 is 9.84 Å². The monoisotopic (exact) mass is 346 g/mol. The Morgan fingerprint density at radius 1 is 0.773 bits per heavy atom. The van der Waals surface area contributed by atoms with Crippen LogP contribution in [0.1, 0.15) is 32.6 Å². The molecule has 0 unspecified atom stereocenters. The van der Waals surface area contributed by atoms with Gasteiger partial charge in [-0.15, -0.1) is 0 Å². The van der Waals surface area contributed by atoms with E-state index >= 15 is 0 Å². The third kappa shape index (κ3) is 4.43. The predicted octanol–water partition coefficient (Wildman–Crippen LogP) is 4.12. The average Bonchev–Trinajstić information content (AvgIpc) is 2.40. The van der Waals surface area contributed by atoms with Crippen LogP contribution in [0.2, 0.25) is 0 Å². The summed E-state index contributed by atoms with van der Waals surface area (Å²) in [4.78, 5) is 0. The fourth-order valence-corrected chi connectivity index (χ4v) is 1.62. The first kappa shape index (κ1) is 21.4. The van der Waals surface area contributed by atoms with E-state index in [9.17, 15) is 35.1 Å². The van der Waals surface area contributed by atoms with Crippen LogP contribution in [0.5, 0.6) is 0 Å². The Morgan fingerprint density at radius 3 is 1.55 bits per heavy atom. The van der Waals surface area contributed by atoms with E-state index in [2.05, 4.69) is 4.74 Å². The molecule has 0 aliphatic rings. The van der Waals surface area contributed by atoms with Crippen LogP contribution in [0, 0.1) is 0 Å². The summed E-state index contributed by atoms with van der Waals surface area (Å²) in [6.45, 7) is 0.274. The zero-order valence-electron chi connectivity index (χ0n) is 11.8. The number of alkyl halides is 8. The lowest BCUT2D eigenvalue weighted by Crippen LogP contribution is -2.62. The summed E-state index contributed by atoms with van der Waals surface area (Å²) >= 11 is 0. The topological polar surface area (TPSA) is 29.5 Å². The summed E-state index contributed by atoms with van der Waals surface area (Å²) in [5.41, 5.74) is 0. The van der Waals surface area contributed by atoms with Crippen molar-refractivity contribution in [3.63, 3.8) is 0 Å². The van der Waals surface area contributed by atoms with E-state index in [4.69, 9.17) is 5.11 Å². The second-order valence-electron chi connectivity index (χ2n) is 4.69. The molecule has 0 aliphatic carbocycles. The normalized spacial score (nSPS) is 14.5. The molecular weight excluding hydrogens is 328 g/mol. The Balaban J connectivity index is 5.13. The van der Waals surface area contributed by atoms with E-state index in [0.717, 1.165) is 0 Å². The first-order valence-corrected chi connectivity index (χ1v) is 6.57. The second kappa shape index (κ2) is 7.76. The Hall–Kier alpha value is -0.640. The fraction of sp³-hybridized carbons (Fsp3) is 1.00. The molecule has 0 saturated heterocycles. The number of aliphatic hydroxyl groups is 1. The molecule has 0 heterocycles. The number of aliphatic hydroxyl groups excluding tert-OH is 1. The lowest BCUT2D eigenvalue weighted by atomic mass is 9.93. The van der Waals surface area contributed by atoms with Gasteiger partial charge in [0.25, 0.3) is 0 Å². The van der Waals surface area contributed by atoms with Crippen LogP contribution in [0.4, 0.5) is 35.1 Å². The third-order valence-corrected chi connectivity index (χ3v) is 2.95. The zero-order valence-corrected chi connectivity index (χ0v) is 11.8. The molecule has 0 saturated carbocycles. The molecule has 0 amide bonds. The molecule has 2 nitrogen and oxygen atoms in total. The molecule has 0 aromatic heterocycles. The van der Waals surface area contributed by atoms with Crippen LogP contribution in [0.25, 0.3) is 0 Å². The van der Waals surface area contributed by atoms with Crippen molar-refractivity contribution in [2.75, 3.05) is 19.8 Å². The number of hydrogen-bond donors (Lipinski definition) is 1. The SMILES string of the molecule is CCOCCCC(F)(F)C(F)(F)C(F)(F)C(F)(F)CCCO. The summed E-state index contributed by atoms with van der Waals surface area (Å²) in [5.74, 6) is -23.2. The molecule has 0 bridgehead atoms. The van der Waals surface area contributed by atoms with Crippen molar-refractivity contribution in [1.29, 1.82) is 0 Å². The Bertz CT molecular complexity index is 333. The highest BCUT2D eigenvalue weighted by Crippen LogP contribution is 2.54. The number of rotatable bonds is 11. The first-order chi connectivity index (χ1) is 9.87. The highest BCUT2D eigenvalue weighted by molar-refractivity contribution is 5.03. The van der Waals surface area contributed by atoms with Crippen molar-refractivity contribution < 1.29 is 45.0 Å². The second-order valence-corrected chi connectivity index (χ2v) is 4.69. The van der Waals surface area contributed by atoms with Crippen molar-refractivity contribution in [2.45, 2.75) is 56.3 Å². The molecule has 0 fully saturated rings. The molecule has 22 heavy (non-hydrogen) atoms. The van der Waals surface area contributed by atoms with Crippen LogP contribution >= 0.6 is 0 Å². The standard InChI is InChI=1S/C12H18F8O2/c1-2-22-8-4-6-10(15,16)12(19,20)11(17,18)9(13,14)5-3-7-21/h21H,2-8H2,1H3. The molecule has 0 rings (SSSR count). The van der Waals surface area contributed by atoms with E-state index < -0.39 is 56.0 Å². The lowest BCUT2D eigenvalue weighted by molar-refractivity contribution is -0.368. The number of hydrogen-bond acceptors (Lipinski definition) is 2. The molecule has 0 radical (unpaired) electrons. The summed E-state index contributed by atoms with van der Waals surface area (Å²) in [6, 6.07) is 0. The first-order valence-electron chi connectivity index (χ1n) is 6.57. The molecular formula is C12H18F8O2. The largest absolute Gasteiger partial charge is 0.396 e. The van der Waals surface area contributed by atoms with E-state index in [-0.39, 0.29) is 13.2 Å². The molecule has 1 N–H and O–H groups in total. The van der Waals surface area contributed by atoms with Gasteiger partial charge in [-0.2, -0.15) is 35.1 Å². The lowest BCUT2D eigenvalue weighted by Gasteiger charge is -2.37. The minimum Gasteiger partial charge on any atom is -0.396 e. The predicted molar refractivity (Wildman–Crippen MR) is 61.8 cm³/mol. The van der Waals surface area contributed by atoms with Gasteiger partial charge in [0.15, 0.2) is 0 Å². The summed E-state index contributed by atoms with van der Waals surface area (Å²) in [5, 5.41) is 8.30. The van der Waals surface area contributed by atoms with Gasteiger partial charge >= 0.3 is 23.7 Å². The van der Waals surface area contributed by atoms with Crippen LogP contribution in [0.3, 0.4) is 0 Å². The quantitative estimate of drug-likeness (QED) is 0.451. The van der Waals surface area contributed by atoms with Crippen molar-refractivity contribution in [3.05, 3.63) is 0 Å². The Morgan fingerprint density at radius 2 is 1.18 bits per heavy atom. The summed E-state index contributed by atoms with van der Waals surface area (Å²) in [6.07, 6.45) is -5.16. The van der Waals surface area contributed by atoms with Crippen molar-refractivity contribution in [1.82, 2.24) is 0 Å². The number of halogens is 8. The zero-order chi connectivity index (χ0) is 17.7. The molecule has 0 aromatic rings. The number of ether oxygens (including phenoxy) is 1. The van der Waals surface area contributed by atoms with Gasteiger partial charge in [-0.1, -0.05) is 0 Å². The van der Waals surface area contributed by atoms with E-state index in [0.29, 0.717) is 0 Å². The van der Waals surface area contributed by atoms with Crippen molar-refractivity contribution in [3.8, 4) is 0 Å². The average molecular weight is 346 g/mol. The van der Waals surface area contributed by atoms with Gasteiger partial charge in [0.05, 0.1) is 0 Å². The van der Waals surface area contributed by atoms with Gasteiger partial charge in [-0.05, 0) is 19.8 Å². The van der Waals surface area contributed by atoms with Gasteiger partial charge in [-0.25, -0.2) is 0 Å². The van der Waals surface area contributed by atoms with Gasteiger partial charge in [0.1, 0.15) is 0 Å². The molecule has 10 heteroatoms. The minimum atomic E-state index is -6.25. The van der Waals surface area contributed by atoms with Crippen LogP contribution in [-0.4, -0.2) is 48.6 Å². The molecule has 0 aromatic carbocycles. The highest BCUT2D eigenvalue weighted by Gasteiger charge is 2.79. The van der Waals surface area contributed by atoms with Gasteiger partial charge in [-0.3, -0.25) is 0 Å². The highest BCUT2D eigenvalue weighted by atomic mass is 19.4. The van der Waals surface area contributed by atoms with E-state index in [1.54, 1.807) is 0 Å². The third-order valence-electron chi connectivity index (χ3n) is 2.95. The van der Waals surface area contributed by atoms with Crippen LogP contribution in [-0.2, 0) is 4.74 Å². The van der Waals surface area contributed by atoms with Crippen LogP contribution in [0.15, 0.2) is 0 Å². The summed E-state index contributed by atoms with van der Waals surface area (Å²) < 4.78 is 111. The van der Waals surface area contributed by atoms with E-state index in [1.807, 2.05) is 0 Å². The minimum absolute atomic E-state index is 0.108. The maximum absolute atomic E-state index is 13.3. The molecule has 0 spiro atoms. The van der Waals surface area contributed by atoms with Crippen LogP contribution < -0.4 is 0 Å². The van der Waals surface area contributed by atoms with Crippen molar-refractivity contribution in [2.24, 2.45) is 0 Å².